The number of nitrogens with one attached hydrogen (secondary N) is 1. The van der Waals surface area contributed by atoms with Crippen LogP contribution in [0, 0.1) is 0 Å². The Balaban J connectivity index is 1.66. The third-order valence-electron chi connectivity index (χ3n) is 5.01. The van der Waals surface area contributed by atoms with Gasteiger partial charge in [-0.1, -0.05) is 30.1 Å². The normalized spacial score (nSPS) is 12.7. The number of rotatable bonds is 7. The van der Waals surface area contributed by atoms with E-state index in [9.17, 15) is 4.79 Å². The highest BCUT2D eigenvalue weighted by molar-refractivity contribution is 6.37. The summed E-state index contributed by atoms with van der Waals surface area (Å²) in [6, 6.07) is 5.01. The molecule has 0 bridgehead atoms. The van der Waals surface area contributed by atoms with Gasteiger partial charge >= 0.3 is 6.03 Å². The fourth-order valence-corrected chi connectivity index (χ4v) is 4.11. The molecule has 0 spiro atoms. The van der Waals surface area contributed by atoms with Gasteiger partial charge in [0.2, 0.25) is 5.95 Å². The van der Waals surface area contributed by atoms with Gasteiger partial charge < -0.3 is 20.7 Å². The average molecular weight is 476 g/mol. The molecule has 2 aromatic heterocycles. The van der Waals surface area contributed by atoms with Gasteiger partial charge in [-0.05, 0) is 24.6 Å². The maximum absolute atomic E-state index is 12.5. The van der Waals surface area contributed by atoms with Crippen LogP contribution in [0.4, 0.5) is 10.7 Å². The fourth-order valence-electron chi connectivity index (χ4n) is 3.54. The van der Waals surface area contributed by atoms with E-state index in [1.54, 1.807) is 27.9 Å². The number of halogens is 2. The Hall–Kier alpha value is -3.04. The van der Waals surface area contributed by atoms with E-state index in [2.05, 4.69) is 20.4 Å². The zero-order chi connectivity index (χ0) is 22.7. The number of fused-ring (bicyclic) bond motifs is 1. The van der Waals surface area contributed by atoms with E-state index in [1.165, 1.54) is 0 Å². The Bertz CT molecular complexity index is 1120. The van der Waals surface area contributed by atoms with Gasteiger partial charge in [0.15, 0.2) is 0 Å². The van der Waals surface area contributed by atoms with Crippen LogP contribution in [0.3, 0.4) is 0 Å². The minimum absolute atomic E-state index is 0.100. The maximum atomic E-state index is 12.5. The van der Waals surface area contributed by atoms with Crippen LogP contribution in [0.25, 0.3) is 11.3 Å². The number of hydrogen-bond donors (Lipinski definition) is 2. The number of carbonyl (C=O) groups is 1. The summed E-state index contributed by atoms with van der Waals surface area (Å²) >= 11 is 12.8. The predicted octanol–water partition coefficient (Wildman–Crippen LogP) is 3.74. The molecule has 3 aromatic rings. The Labute approximate surface area is 195 Å². The zero-order valence-corrected chi connectivity index (χ0v) is 19.0. The first-order chi connectivity index (χ1) is 15.5. The number of urea groups is 1. The van der Waals surface area contributed by atoms with Crippen molar-refractivity contribution in [3.05, 3.63) is 51.9 Å². The summed E-state index contributed by atoms with van der Waals surface area (Å²) in [5, 5.41) is 7.87. The lowest BCUT2D eigenvalue weighted by Crippen LogP contribution is -2.36. The van der Waals surface area contributed by atoms with Gasteiger partial charge in [0.05, 0.1) is 41.6 Å². The first-order valence-electron chi connectivity index (χ1n) is 10.2. The number of carbonyl (C=O) groups excluding carboxylic acids is 1. The standard InChI is InChI=1S/C21H23Cl2N7O2/c1-2-4-25-21(31)29-11-14-16(12-29)27-20(24)28-19(14)18-15(23)9-13(22)10-17(18)32-8-7-30-6-3-5-26-30/h3,5-6,9-10H,2,4,7-8,11-12H2,1H3,(H,25,31)(H2,24,27,28). The molecule has 0 radical (unpaired) electrons. The Morgan fingerprint density at radius 1 is 1.28 bits per heavy atom. The molecule has 0 unspecified atom stereocenters. The van der Waals surface area contributed by atoms with Crippen LogP contribution in [-0.2, 0) is 19.6 Å². The first kappa shape index (κ1) is 22.2. The summed E-state index contributed by atoms with van der Waals surface area (Å²) < 4.78 is 7.79. The monoisotopic (exact) mass is 475 g/mol. The number of hydrogen-bond acceptors (Lipinski definition) is 6. The van der Waals surface area contributed by atoms with Crippen molar-refractivity contribution < 1.29 is 9.53 Å². The van der Waals surface area contributed by atoms with E-state index < -0.39 is 0 Å². The molecule has 168 valence electrons. The van der Waals surface area contributed by atoms with Crippen molar-refractivity contribution in [2.45, 2.75) is 33.0 Å². The summed E-state index contributed by atoms with van der Waals surface area (Å²) in [5.41, 5.74) is 8.58. The molecule has 0 atom stereocenters. The van der Waals surface area contributed by atoms with E-state index in [-0.39, 0.29) is 12.0 Å². The summed E-state index contributed by atoms with van der Waals surface area (Å²) in [6.07, 6.45) is 4.41. The summed E-state index contributed by atoms with van der Waals surface area (Å²) in [6.45, 7) is 4.17. The van der Waals surface area contributed by atoms with Gasteiger partial charge in [-0.15, -0.1) is 0 Å². The van der Waals surface area contributed by atoms with E-state index >= 15 is 0 Å². The Morgan fingerprint density at radius 3 is 2.88 bits per heavy atom. The van der Waals surface area contributed by atoms with Gasteiger partial charge in [0.1, 0.15) is 12.4 Å². The second-order valence-corrected chi connectivity index (χ2v) is 8.17. The van der Waals surface area contributed by atoms with Crippen LogP contribution in [0.5, 0.6) is 5.75 Å². The molecule has 0 fully saturated rings. The van der Waals surface area contributed by atoms with Gasteiger partial charge in [-0.3, -0.25) is 4.68 Å². The largest absolute Gasteiger partial charge is 0.491 e. The topological polar surface area (TPSA) is 111 Å². The minimum Gasteiger partial charge on any atom is -0.491 e. The molecule has 1 aromatic carbocycles. The van der Waals surface area contributed by atoms with Crippen molar-refractivity contribution in [3.63, 3.8) is 0 Å². The van der Waals surface area contributed by atoms with E-state index in [4.69, 9.17) is 33.7 Å². The van der Waals surface area contributed by atoms with Crippen molar-refractivity contribution in [2.24, 2.45) is 0 Å². The molecule has 4 rings (SSSR count). The highest BCUT2D eigenvalue weighted by Crippen LogP contribution is 2.42. The second kappa shape index (κ2) is 9.62. The number of anilines is 1. The molecule has 0 saturated carbocycles. The lowest BCUT2D eigenvalue weighted by atomic mass is 10.0. The zero-order valence-electron chi connectivity index (χ0n) is 17.5. The number of benzene rings is 1. The van der Waals surface area contributed by atoms with Gasteiger partial charge in [0.25, 0.3) is 0 Å². The molecule has 32 heavy (non-hydrogen) atoms. The predicted molar refractivity (Wildman–Crippen MR) is 123 cm³/mol. The van der Waals surface area contributed by atoms with Crippen LogP contribution < -0.4 is 15.8 Å². The third kappa shape index (κ3) is 4.73. The van der Waals surface area contributed by atoms with E-state index in [0.29, 0.717) is 65.5 Å². The van der Waals surface area contributed by atoms with Gasteiger partial charge in [-0.25, -0.2) is 14.8 Å². The van der Waals surface area contributed by atoms with E-state index in [1.807, 2.05) is 19.2 Å². The molecular weight excluding hydrogens is 453 g/mol. The molecule has 0 saturated heterocycles. The number of aromatic nitrogens is 4. The smallest absolute Gasteiger partial charge is 0.318 e. The van der Waals surface area contributed by atoms with Crippen molar-refractivity contribution in [3.8, 4) is 17.0 Å². The second-order valence-electron chi connectivity index (χ2n) is 7.32. The highest BCUT2D eigenvalue weighted by atomic mass is 35.5. The van der Waals surface area contributed by atoms with Gasteiger partial charge in [0, 0.05) is 29.5 Å². The molecular formula is C21H23Cl2N7O2. The van der Waals surface area contributed by atoms with Crippen LogP contribution in [0.15, 0.2) is 30.6 Å². The lowest BCUT2D eigenvalue weighted by molar-refractivity contribution is 0.198. The van der Waals surface area contributed by atoms with Gasteiger partial charge in [-0.2, -0.15) is 5.10 Å². The van der Waals surface area contributed by atoms with E-state index in [0.717, 1.165) is 12.0 Å². The average Bonchev–Trinajstić information content (AvgIpc) is 3.41. The van der Waals surface area contributed by atoms with Crippen molar-refractivity contribution >= 4 is 35.2 Å². The minimum atomic E-state index is -0.160. The van der Waals surface area contributed by atoms with Crippen LogP contribution in [0.2, 0.25) is 10.0 Å². The van der Waals surface area contributed by atoms with Crippen molar-refractivity contribution in [1.82, 2.24) is 30.0 Å². The molecule has 1 aliphatic heterocycles. The number of ether oxygens (including phenoxy) is 1. The number of nitrogens with two attached hydrogens (primary N) is 1. The van der Waals surface area contributed by atoms with Crippen LogP contribution in [-0.4, -0.2) is 43.8 Å². The van der Waals surface area contributed by atoms with Crippen molar-refractivity contribution in [2.75, 3.05) is 18.9 Å². The quantitative estimate of drug-likeness (QED) is 0.538. The van der Waals surface area contributed by atoms with Crippen LogP contribution >= 0.6 is 23.2 Å². The Kier molecular flexibility index (Phi) is 6.66. The number of amides is 2. The summed E-state index contributed by atoms with van der Waals surface area (Å²) in [4.78, 5) is 23.0. The molecule has 3 heterocycles. The molecule has 1 aliphatic rings. The number of nitrogens with zero attached hydrogens (tertiary/aromatic N) is 5. The van der Waals surface area contributed by atoms with Crippen LogP contribution in [0.1, 0.15) is 24.6 Å². The third-order valence-corrected chi connectivity index (χ3v) is 5.52. The molecule has 2 amide bonds. The van der Waals surface area contributed by atoms with Crippen molar-refractivity contribution in [1.29, 1.82) is 0 Å². The maximum Gasteiger partial charge on any atom is 0.318 e. The Morgan fingerprint density at radius 2 is 2.12 bits per heavy atom. The molecule has 9 nitrogen and oxygen atoms in total. The summed E-state index contributed by atoms with van der Waals surface area (Å²) in [5.74, 6) is 0.576. The fraction of sp³-hybridized carbons (Fsp3) is 0.333. The molecule has 11 heteroatoms. The summed E-state index contributed by atoms with van der Waals surface area (Å²) in [7, 11) is 0. The number of nitrogen functional groups attached to an aromatic ring is 1. The molecule has 3 N–H and O–H groups in total. The molecule has 0 aliphatic carbocycles. The first-order valence-corrected chi connectivity index (χ1v) is 11.0. The lowest BCUT2D eigenvalue weighted by Gasteiger charge is -2.17. The SMILES string of the molecule is CCCNC(=O)N1Cc2nc(N)nc(-c3c(Cl)cc(Cl)cc3OCCn3cccn3)c2C1. The highest BCUT2D eigenvalue weighted by Gasteiger charge is 2.30.